The molecule has 2 heterocycles. The highest BCUT2D eigenvalue weighted by Gasteiger charge is 2.35. The third kappa shape index (κ3) is 4.98. The molecule has 1 aliphatic rings. The smallest absolute Gasteiger partial charge is 0.308 e. The van der Waals surface area contributed by atoms with Crippen molar-refractivity contribution in [2.75, 3.05) is 19.7 Å². The van der Waals surface area contributed by atoms with E-state index in [-0.39, 0.29) is 24.7 Å². The average Bonchev–Trinajstić information content (AvgIpc) is 3.28. The van der Waals surface area contributed by atoms with Gasteiger partial charge in [0.15, 0.2) is 6.61 Å². The number of thiophene rings is 1. The van der Waals surface area contributed by atoms with Crippen molar-refractivity contribution < 1.29 is 28.7 Å². The van der Waals surface area contributed by atoms with Crippen LogP contribution in [0.2, 0.25) is 0 Å². The first-order valence-corrected chi connectivity index (χ1v) is 10.2. The van der Waals surface area contributed by atoms with Gasteiger partial charge in [-0.2, -0.15) is 0 Å². The lowest BCUT2D eigenvalue weighted by atomic mass is 10.1. The zero-order valence-electron chi connectivity index (χ0n) is 16.3. The predicted molar refractivity (Wildman–Crippen MR) is 108 cm³/mol. The van der Waals surface area contributed by atoms with Crippen LogP contribution in [-0.4, -0.2) is 54.1 Å². The Kier molecular flexibility index (Phi) is 6.73. The van der Waals surface area contributed by atoms with E-state index in [4.69, 9.17) is 4.74 Å². The minimum atomic E-state index is -0.664. The van der Waals surface area contributed by atoms with Gasteiger partial charge < -0.3 is 10.1 Å². The Morgan fingerprint density at radius 3 is 2.33 bits per heavy atom. The van der Waals surface area contributed by atoms with Crippen LogP contribution in [0.4, 0.5) is 0 Å². The van der Waals surface area contributed by atoms with E-state index in [1.165, 1.54) is 18.3 Å². The van der Waals surface area contributed by atoms with Crippen LogP contribution in [0.25, 0.3) is 0 Å². The van der Waals surface area contributed by atoms with Crippen molar-refractivity contribution in [3.8, 4) is 0 Å². The molecule has 156 valence electrons. The van der Waals surface area contributed by atoms with E-state index in [2.05, 4.69) is 5.32 Å². The van der Waals surface area contributed by atoms with Crippen molar-refractivity contribution in [3.63, 3.8) is 0 Å². The first kappa shape index (κ1) is 21.4. The number of ether oxygens (including phenoxy) is 1. The molecule has 1 aliphatic heterocycles. The summed E-state index contributed by atoms with van der Waals surface area (Å²) in [6.45, 7) is 1.40. The molecule has 0 saturated heterocycles. The van der Waals surface area contributed by atoms with Crippen LogP contribution >= 0.6 is 11.3 Å². The summed E-state index contributed by atoms with van der Waals surface area (Å²) in [5.74, 6) is -1.99. The summed E-state index contributed by atoms with van der Waals surface area (Å²) in [6, 6.07) is 9.93. The number of benzene rings is 1. The first-order chi connectivity index (χ1) is 14.4. The largest absolute Gasteiger partial charge is 0.457 e. The number of rotatable bonds is 9. The molecule has 8 nitrogen and oxygen atoms in total. The van der Waals surface area contributed by atoms with Gasteiger partial charge in [-0.3, -0.25) is 28.9 Å². The molecule has 0 bridgehead atoms. The van der Waals surface area contributed by atoms with Crippen LogP contribution in [0.3, 0.4) is 0 Å². The summed E-state index contributed by atoms with van der Waals surface area (Å²) in [4.78, 5) is 62.0. The molecule has 3 rings (SSSR count). The molecule has 2 aromatic rings. The Bertz CT molecular complexity index is 977. The Morgan fingerprint density at radius 2 is 1.70 bits per heavy atom. The molecule has 1 aromatic heterocycles. The molecule has 0 aliphatic carbocycles. The molecular formula is C21H20N2O6S. The highest BCUT2D eigenvalue weighted by Crippen LogP contribution is 2.22. The molecule has 0 atom stereocenters. The van der Waals surface area contributed by atoms with E-state index in [0.717, 1.165) is 9.78 Å². The lowest BCUT2D eigenvalue weighted by molar-refractivity contribution is -0.142. The fraction of sp³-hybridized carbons (Fsp3) is 0.286. The molecular weight excluding hydrogens is 408 g/mol. The van der Waals surface area contributed by atoms with Crippen LogP contribution in [0.1, 0.15) is 48.6 Å². The van der Waals surface area contributed by atoms with Crippen LogP contribution < -0.4 is 5.32 Å². The Morgan fingerprint density at radius 1 is 1.03 bits per heavy atom. The second-order valence-corrected chi connectivity index (χ2v) is 7.81. The van der Waals surface area contributed by atoms with E-state index in [9.17, 15) is 24.0 Å². The fourth-order valence-electron chi connectivity index (χ4n) is 2.96. The van der Waals surface area contributed by atoms with Gasteiger partial charge in [0.05, 0.1) is 22.4 Å². The van der Waals surface area contributed by atoms with Crippen molar-refractivity contribution >= 4 is 40.8 Å². The minimum Gasteiger partial charge on any atom is -0.457 e. The van der Waals surface area contributed by atoms with Gasteiger partial charge in [0.25, 0.3) is 11.8 Å². The quantitative estimate of drug-likeness (QED) is 0.371. The Balaban J connectivity index is 1.43. The summed E-state index contributed by atoms with van der Waals surface area (Å²) in [7, 11) is 0. The van der Waals surface area contributed by atoms with Gasteiger partial charge in [0.2, 0.25) is 11.7 Å². The molecule has 0 unspecified atom stereocenters. The van der Waals surface area contributed by atoms with E-state index in [1.807, 2.05) is 0 Å². The van der Waals surface area contributed by atoms with Gasteiger partial charge in [-0.05, 0) is 30.7 Å². The number of hydrogen-bond donors (Lipinski definition) is 1. The van der Waals surface area contributed by atoms with Gasteiger partial charge in [0, 0.05) is 24.9 Å². The molecule has 3 amide bonds. The van der Waals surface area contributed by atoms with Gasteiger partial charge in [-0.1, -0.05) is 12.1 Å². The normalized spacial score (nSPS) is 12.6. The molecule has 9 heteroatoms. The van der Waals surface area contributed by atoms with Crippen molar-refractivity contribution in [2.45, 2.75) is 19.8 Å². The number of imide groups is 1. The minimum absolute atomic E-state index is 0.105. The molecule has 0 fully saturated rings. The SMILES string of the molecule is CC(=O)NCCc1ccc(C(=O)COC(=O)CCN2C(=O)c3ccccc3C2=O)s1. The number of ketones is 1. The standard InChI is InChI=1S/C21H20N2O6S/c1-13(24)22-10-8-14-6-7-18(30-14)17(25)12-29-19(26)9-11-23-20(27)15-4-2-3-5-16(15)21(23)28/h2-7H,8-12H2,1H3,(H,22,24). The Labute approximate surface area is 176 Å². The summed E-state index contributed by atoms with van der Waals surface area (Å²) in [5, 5.41) is 2.68. The van der Waals surface area contributed by atoms with Crippen molar-refractivity contribution in [1.82, 2.24) is 10.2 Å². The zero-order chi connectivity index (χ0) is 21.7. The van der Waals surface area contributed by atoms with Crippen LogP contribution in [0.15, 0.2) is 36.4 Å². The van der Waals surface area contributed by atoms with Crippen LogP contribution in [0.5, 0.6) is 0 Å². The highest BCUT2D eigenvalue weighted by molar-refractivity contribution is 7.14. The molecule has 0 saturated carbocycles. The maximum atomic E-state index is 12.3. The number of amides is 3. The van der Waals surface area contributed by atoms with Crippen molar-refractivity contribution in [3.05, 3.63) is 57.3 Å². The van der Waals surface area contributed by atoms with E-state index >= 15 is 0 Å². The van der Waals surface area contributed by atoms with E-state index < -0.39 is 24.4 Å². The van der Waals surface area contributed by atoms with Crippen molar-refractivity contribution in [2.24, 2.45) is 0 Å². The number of hydrogen-bond acceptors (Lipinski definition) is 7. The zero-order valence-corrected chi connectivity index (χ0v) is 17.1. The van der Waals surface area contributed by atoms with E-state index in [1.54, 1.807) is 36.4 Å². The number of nitrogens with zero attached hydrogens (tertiary/aromatic N) is 1. The third-order valence-corrected chi connectivity index (χ3v) is 5.65. The van der Waals surface area contributed by atoms with Crippen LogP contribution in [0, 0.1) is 0 Å². The highest BCUT2D eigenvalue weighted by atomic mass is 32.1. The number of carbonyl (C=O) groups excluding carboxylic acids is 5. The van der Waals surface area contributed by atoms with Gasteiger partial charge in [0.1, 0.15) is 0 Å². The fourth-order valence-corrected chi connectivity index (χ4v) is 3.89. The average molecular weight is 428 g/mol. The summed E-state index contributed by atoms with van der Waals surface area (Å²) in [5.41, 5.74) is 0.635. The lowest BCUT2D eigenvalue weighted by Gasteiger charge is -2.12. The predicted octanol–water partition coefficient (Wildman–Crippen LogP) is 1.84. The summed E-state index contributed by atoms with van der Waals surface area (Å²) in [6.07, 6.45) is 0.419. The lowest BCUT2D eigenvalue weighted by Crippen LogP contribution is -2.32. The second kappa shape index (κ2) is 9.45. The van der Waals surface area contributed by atoms with Gasteiger partial charge in [-0.25, -0.2) is 0 Å². The number of fused-ring (bicyclic) bond motifs is 1. The molecule has 1 aromatic carbocycles. The maximum absolute atomic E-state index is 12.3. The van der Waals surface area contributed by atoms with Gasteiger partial charge in [-0.15, -0.1) is 11.3 Å². The molecule has 0 spiro atoms. The first-order valence-electron chi connectivity index (χ1n) is 9.34. The topological polar surface area (TPSA) is 110 Å². The molecule has 0 radical (unpaired) electrons. The second-order valence-electron chi connectivity index (χ2n) is 6.64. The Hall–Kier alpha value is -3.33. The van der Waals surface area contributed by atoms with E-state index in [0.29, 0.717) is 29.0 Å². The summed E-state index contributed by atoms with van der Waals surface area (Å²) >= 11 is 1.28. The van der Waals surface area contributed by atoms with Crippen molar-refractivity contribution in [1.29, 1.82) is 0 Å². The number of carbonyl (C=O) groups is 5. The summed E-state index contributed by atoms with van der Waals surface area (Å²) < 4.78 is 5.00. The maximum Gasteiger partial charge on any atom is 0.308 e. The van der Waals surface area contributed by atoms with Gasteiger partial charge >= 0.3 is 5.97 Å². The number of nitrogens with one attached hydrogen (secondary N) is 1. The monoisotopic (exact) mass is 428 g/mol. The molecule has 1 N–H and O–H groups in total. The number of Topliss-reactive ketones (excluding diaryl/α,β-unsaturated/α-hetero) is 1. The number of esters is 1. The third-order valence-electron chi connectivity index (χ3n) is 4.46. The molecule has 30 heavy (non-hydrogen) atoms. The van der Waals surface area contributed by atoms with Crippen LogP contribution in [-0.2, 0) is 20.7 Å².